The lowest BCUT2D eigenvalue weighted by Crippen LogP contribution is -2.40. The van der Waals surface area contributed by atoms with Crippen molar-refractivity contribution in [2.45, 2.75) is 32.2 Å². The molecule has 0 saturated heterocycles. The fourth-order valence-electron chi connectivity index (χ4n) is 2.35. The first kappa shape index (κ1) is 13.5. The summed E-state index contributed by atoms with van der Waals surface area (Å²) in [6.45, 7) is 0.546. The highest BCUT2D eigenvalue weighted by molar-refractivity contribution is 5.91. The molecule has 0 aliphatic heterocycles. The molecule has 1 fully saturated rings. The number of nitrogens with zero attached hydrogens (tertiary/aromatic N) is 2. The van der Waals surface area contributed by atoms with Gasteiger partial charge in [0.2, 0.25) is 11.8 Å². The van der Waals surface area contributed by atoms with Crippen LogP contribution in [0.15, 0.2) is 12.4 Å². The first-order valence-corrected chi connectivity index (χ1v) is 6.34. The number of amides is 2. The molecule has 0 bridgehead atoms. The minimum absolute atomic E-state index is 0.00259. The van der Waals surface area contributed by atoms with Gasteiger partial charge in [0.05, 0.1) is 11.9 Å². The van der Waals surface area contributed by atoms with E-state index in [0.717, 1.165) is 19.3 Å². The maximum Gasteiger partial charge on any atom is 0.239 e. The zero-order valence-corrected chi connectivity index (χ0v) is 10.8. The highest BCUT2D eigenvalue weighted by atomic mass is 16.2. The van der Waals surface area contributed by atoms with Crippen molar-refractivity contribution in [3.05, 3.63) is 12.4 Å². The molecule has 1 heterocycles. The second-order valence-corrected chi connectivity index (χ2v) is 5.18. The summed E-state index contributed by atoms with van der Waals surface area (Å²) in [5.74, 6) is -0.540. The summed E-state index contributed by atoms with van der Waals surface area (Å²) >= 11 is 0. The van der Waals surface area contributed by atoms with E-state index in [9.17, 15) is 9.59 Å². The number of hydrogen-bond acceptors (Lipinski definition) is 4. The van der Waals surface area contributed by atoms with Gasteiger partial charge in [0.1, 0.15) is 6.54 Å². The van der Waals surface area contributed by atoms with Crippen LogP contribution in [0.2, 0.25) is 0 Å². The average Bonchev–Trinajstić information content (AvgIpc) is 2.70. The number of aromatic nitrogens is 2. The van der Waals surface area contributed by atoms with E-state index in [1.54, 1.807) is 6.20 Å². The van der Waals surface area contributed by atoms with Gasteiger partial charge in [-0.2, -0.15) is 5.10 Å². The maximum atomic E-state index is 11.9. The van der Waals surface area contributed by atoms with Crippen LogP contribution in [0, 0.1) is 5.41 Å². The van der Waals surface area contributed by atoms with Gasteiger partial charge < -0.3 is 16.8 Å². The maximum absolute atomic E-state index is 11.9. The Bertz CT molecular complexity index is 473. The Morgan fingerprint density at radius 3 is 2.74 bits per heavy atom. The summed E-state index contributed by atoms with van der Waals surface area (Å²) < 4.78 is 1.39. The summed E-state index contributed by atoms with van der Waals surface area (Å²) in [6, 6.07) is 0. The molecule has 7 nitrogen and oxygen atoms in total. The largest absolute Gasteiger partial charge is 0.368 e. The Morgan fingerprint density at radius 1 is 1.47 bits per heavy atom. The molecule has 0 aromatic carbocycles. The first-order chi connectivity index (χ1) is 9.03. The average molecular weight is 265 g/mol. The van der Waals surface area contributed by atoms with E-state index in [4.69, 9.17) is 11.5 Å². The van der Waals surface area contributed by atoms with Crippen molar-refractivity contribution < 1.29 is 9.59 Å². The Morgan fingerprint density at radius 2 is 2.21 bits per heavy atom. The lowest BCUT2D eigenvalue weighted by molar-refractivity contribution is -0.120. The summed E-state index contributed by atoms with van der Waals surface area (Å²) in [7, 11) is 0. The van der Waals surface area contributed by atoms with E-state index < -0.39 is 5.91 Å². The molecule has 0 unspecified atom stereocenters. The summed E-state index contributed by atoms with van der Waals surface area (Å²) in [6.07, 6.45) is 6.68. The lowest BCUT2D eigenvalue weighted by atomic mass is 9.66. The molecule has 1 aliphatic rings. The normalized spacial score (nSPS) is 16.7. The van der Waals surface area contributed by atoms with Gasteiger partial charge in [0, 0.05) is 12.6 Å². The Labute approximate surface area is 111 Å². The number of hydrogen-bond donors (Lipinski definition) is 3. The molecule has 0 atom stereocenters. The SMILES string of the molecule is NCC1(CC(=O)Nc2cnn(CC(N)=O)c2)CCC1. The van der Waals surface area contributed by atoms with Gasteiger partial charge in [-0.25, -0.2) is 0 Å². The number of rotatable bonds is 6. The molecule has 0 radical (unpaired) electrons. The number of primary amides is 1. The van der Waals surface area contributed by atoms with Crippen LogP contribution in [0.25, 0.3) is 0 Å². The van der Waals surface area contributed by atoms with Gasteiger partial charge in [-0.3, -0.25) is 14.3 Å². The molecule has 2 rings (SSSR count). The monoisotopic (exact) mass is 265 g/mol. The topological polar surface area (TPSA) is 116 Å². The van der Waals surface area contributed by atoms with Gasteiger partial charge in [-0.05, 0) is 24.8 Å². The van der Waals surface area contributed by atoms with Crippen molar-refractivity contribution in [2.24, 2.45) is 16.9 Å². The Kier molecular flexibility index (Phi) is 3.84. The van der Waals surface area contributed by atoms with E-state index in [-0.39, 0.29) is 17.9 Å². The van der Waals surface area contributed by atoms with Crippen molar-refractivity contribution in [3.8, 4) is 0 Å². The molecule has 19 heavy (non-hydrogen) atoms. The van der Waals surface area contributed by atoms with E-state index in [1.165, 1.54) is 10.9 Å². The van der Waals surface area contributed by atoms with Crippen molar-refractivity contribution in [1.82, 2.24) is 9.78 Å². The smallest absolute Gasteiger partial charge is 0.239 e. The zero-order chi connectivity index (χ0) is 13.9. The highest BCUT2D eigenvalue weighted by Crippen LogP contribution is 2.42. The molecular weight excluding hydrogens is 246 g/mol. The number of nitrogens with two attached hydrogens (primary N) is 2. The molecule has 1 aromatic heterocycles. The highest BCUT2D eigenvalue weighted by Gasteiger charge is 2.37. The quantitative estimate of drug-likeness (QED) is 0.661. The minimum Gasteiger partial charge on any atom is -0.368 e. The lowest BCUT2D eigenvalue weighted by Gasteiger charge is -2.40. The fourth-order valence-corrected chi connectivity index (χ4v) is 2.35. The van der Waals surface area contributed by atoms with Gasteiger partial charge in [-0.1, -0.05) is 6.42 Å². The van der Waals surface area contributed by atoms with Gasteiger partial charge in [-0.15, -0.1) is 0 Å². The molecular formula is C12H19N5O2. The molecule has 104 valence electrons. The van der Waals surface area contributed by atoms with Crippen molar-refractivity contribution in [3.63, 3.8) is 0 Å². The molecule has 1 aromatic rings. The fraction of sp³-hybridized carbons (Fsp3) is 0.583. The van der Waals surface area contributed by atoms with E-state index in [2.05, 4.69) is 10.4 Å². The number of carbonyl (C=O) groups is 2. The van der Waals surface area contributed by atoms with E-state index in [1.807, 2.05) is 0 Å². The number of anilines is 1. The van der Waals surface area contributed by atoms with Crippen LogP contribution in [0.4, 0.5) is 5.69 Å². The van der Waals surface area contributed by atoms with Crippen LogP contribution in [0.1, 0.15) is 25.7 Å². The molecule has 7 heteroatoms. The minimum atomic E-state index is -0.475. The van der Waals surface area contributed by atoms with Crippen LogP contribution < -0.4 is 16.8 Å². The van der Waals surface area contributed by atoms with Crippen LogP contribution in [0.3, 0.4) is 0 Å². The molecule has 1 aliphatic carbocycles. The van der Waals surface area contributed by atoms with E-state index >= 15 is 0 Å². The van der Waals surface area contributed by atoms with E-state index in [0.29, 0.717) is 18.7 Å². The second-order valence-electron chi connectivity index (χ2n) is 5.18. The molecule has 1 saturated carbocycles. The summed E-state index contributed by atoms with van der Waals surface area (Å²) in [5.41, 5.74) is 11.3. The third-order valence-electron chi connectivity index (χ3n) is 3.62. The third-order valence-corrected chi connectivity index (χ3v) is 3.62. The van der Waals surface area contributed by atoms with Crippen molar-refractivity contribution in [2.75, 3.05) is 11.9 Å². The van der Waals surface area contributed by atoms with Crippen molar-refractivity contribution >= 4 is 17.5 Å². The molecule has 2 amide bonds. The van der Waals surface area contributed by atoms with Crippen LogP contribution in [-0.4, -0.2) is 28.1 Å². The summed E-state index contributed by atoms with van der Waals surface area (Å²) in [5, 5.41) is 6.70. The number of carbonyl (C=O) groups excluding carboxylic acids is 2. The van der Waals surface area contributed by atoms with Gasteiger partial charge >= 0.3 is 0 Å². The second kappa shape index (κ2) is 5.40. The van der Waals surface area contributed by atoms with Crippen LogP contribution >= 0.6 is 0 Å². The van der Waals surface area contributed by atoms with Crippen LogP contribution in [-0.2, 0) is 16.1 Å². The Hall–Kier alpha value is -1.89. The standard InChI is InChI=1S/C12H19N5O2/c13-8-12(2-1-3-12)4-11(19)16-9-5-15-17(6-9)7-10(14)18/h5-6H,1-4,7-8,13H2,(H2,14,18)(H,16,19). The van der Waals surface area contributed by atoms with Gasteiger partial charge in [0.15, 0.2) is 0 Å². The Balaban J connectivity index is 1.88. The zero-order valence-electron chi connectivity index (χ0n) is 10.8. The predicted octanol–water partition coefficient (Wildman–Crippen LogP) is -0.174. The summed E-state index contributed by atoms with van der Waals surface area (Å²) in [4.78, 5) is 22.6. The van der Waals surface area contributed by atoms with Crippen molar-refractivity contribution in [1.29, 1.82) is 0 Å². The number of nitrogens with one attached hydrogen (secondary N) is 1. The molecule has 5 N–H and O–H groups in total. The first-order valence-electron chi connectivity index (χ1n) is 6.34. The third kappa shape index (κ3) is 3.31. The van der Waals surface area contributed by atoms with Crippen LogP contribution in [0.5, 0.6) is 0 Å². The van der Waals surface area contributed by atoms with Gasteiger partial charge in [0.25, 0.3) is 0 Å². The molecule has 0 spiro atoms. The predicted molar refractivity (Wildman–Crippen MR) is 70.0 cm³/mol.